The van der Waals surface area contributed by atoms with Gasteiger partial charge in [-0.05, 0) is 74.2 Å². The van der Waals surface area contributed by atoms with E-state index in [0.29, 0.717) is 0 Å². The number of hydrogen-bond donors (Lipinski definition) is 18. The Labute approximate surface area is 563 Å². The minimum atomic E-state index is -2.57. The number of hydrogen-bond acceptors (Lipinski definition) is 19. The third kappa shape index (κ3) is 32.1. The lowest BCUT2D eigenvalue weighted by Crippen LogP contribution is -2.64. The molecule has 0 radical (unpaired) electrons. The van der Waals surface area contributed by atoms with Crippen molar-refractivity contribution in [1.82, 2.24) is 53.2 Å². The Kier molecular flexibility index (Phi) is 47.0. The summed E-state index contributed by atoms with van der Waals surface area (Å²) < 4.78 is 5.91. The van der Waals surface area contributed by atoms with E-state index >= 15 is 4.79 Å². The number of cyclic esters (lactones) is 1. The van der Waals surface area contributed by atoms with Crippen LogP contribution in [0.15, 0.2) is 35.3 Å². The summed E-state index contributed by atoms with van der Waals surface area (Å²) in [5.41, 5.74) is 22.5. The van der Waals surface area contributed by atoms with Crippen LogP contribution in [0.4, 0.5) is 0 Å². The average Bonchev–Trinajstić information content (AvgIpc) is 0.876. The van der Waals surface area contributed by atoms with Gasteiger partial charge in [0.05, 0.1) is 31.4 Å². The minimum absolute atomic E-state index is 0. The molecule has 1 heterocycles. The minimum Gasteiger partial charge on any atom is -0.453 e. The number of nitrogens with one attached hydrogen (secondary N) is 10. The smallest absolute Gasteiger partial charge is 0.331 e. The first kappa shape index (κ1) is 96.0. The standard InChI is InChI=1S/C57H95N15O17.2ClH.4H2O/c1-25(2)20-32(58)47(79)65-35(22-27(5)6)50(82)72-42-45(31-16-13-12-14-17-31)89-56(88)36(24-73)67-54(86)41(44(77)46(59)78)68-37(75)23-63-51(83)39(30(11)74)70-52(84)38(28(7)8)69-48(80)33(18-15-19-62-57(60)61)64-49(81)34(21-26(3)4)66-53(85)40(71-55(42)87)43(76)29(9)10;;;;;;/h12-14,16-17,25-30,32-36,38-45,73-74,76-77H,15,18-24,58H2,1-11H3,(H2,59,78)(H,63,83)(H,64,81)(H,65,79)(H,66,85)(H,67,86)(H,68,75)(H,69,80)(H,70,84)(H,71,87)(H,72,82)(H4,60,61,62);2*1H;4*1H2/t30-,32+,33-,34-,35-,36-,38-,39-,40-,41-,42-,43+,44-,45+;;;;;;/m0....../s1. The van der Waals surface area contributed by atoms with Crippen molar-refractivity contribution in [3.8, 4) is 0 Å². The highest BCUT2D eigenvalue weighted by Crippen LogP contribution is 2.25. The van der Waals surface area contributed by atoms with Crippen LogP contribution in [0.5, 0.6) is 0 Å². The Morgan fingerprint density at radius 1 is 0.611 bits per heavy atom. The number of nitrogens with two attached hydrogens (primary N) is 4. The zero-order chi connectivity index (χ0) is 67.7. The summed E-state index contributed by atoms with van der Waals surface area (Å²) in [6, 6.07) is -10.7. The van der Waals surface area contributed by atoms with Gasteiger partial charge >= 0.3 is 5.97 Å². The fourth-order valence-electron chi connectivity index (χ4n) is 9.08. The van der Waals surface area contributed by atoms with Gasteiger partial charge in [-0.15, -0.1) is 24.8 Å². The highest BCUT2D eigenvalue weighted by Gasteiger charge is 2.43. The van der Waals surface area contributed by atoms with Crippen molar-refractivity contribution in [2.45, 2.75) is 193 Å². The first-order valence-electron chi connectivity index (χ1n) is 29.5. The van der Waals surface area contributed by atoms with Crippen molar-refractivity contribution in [3.05, 3.63) is 35.9 Å². The number of carbonyl (C=O) groups is 12. The van der Waals surface area contributed by atoms with E-state index in [9.17, 15) is 73.2 Å². The molecule has 1 saturated heterocycles. The fraction of sp³-hybridized carbons (Fsp3) is 0.667. The Morgan fingerprint density at radius 3 is 1.61 bits per heavy atom. The summed E-state index contributed by atoms with van der Waals surface area (Å²) in [7, 11) is 0. The number of amides is 11. The van der Waals surface area contributed by atoms with Crippen LogP contribution in [0.2, 0.25) is 0 Å². The van der Waals surface area contributed by atoms with Crippen LogP contribution in [-0.2, 0) is 62.3 Å². The Morgan fingerprint density at radius 2 is 1.12 bits per heavy atom. The van der Waals surface area contributed by atoms with Crippen LogP contribution in [0, 0.1) is 29.6 Å². The second kappa shape index (κ2) is 46.5. The lowest BCUT2D eigenvalue weighted by atomic mass is 9.95. The molecule has 2 rings (SSSR count). The number of carbonyl (C=O) groups excluding carboxylic acids is 12. The number of primary amides is 1. The van der Waals surface area contributed by atoms with E-state index < -0.39 is 181 Å². The summed E-state index contributed by atoms with van der Waals surface area (Å²) in [6.07, 6.45) is -8.27. The second-order valence-corrected chi connectivity index (χ2v) is 23.9. The first-order chi connectivity index (χ1) is 41.5. The summed E-state index contributed by atoms with van der Waals surface area (Å²) in [5.74, 6) is -17.3. The van der Waals surface area contributed by atoms with E-state index in [1.807, 2.05) is 24.5 Å². The molecule has 36 nitrogen and oxygen atoms in total. The summed E-state index contributed by atoms with van der Waals surface area (Å²) in [4.78, 5) is 173. The van der Waals surface area contributed by atoms with Crippen molar-refractivity contribution in [2.24, 2.45) is 57.5 Å². The van der Waals surface area contributed by atoms with Crippen molar-refractivity contribution >= 4 is 102 Å². The molecule has 1 aromatic carbocycles. The predicted octanol–water partition coefficient (Wildman–Crippen LogP) is -8.28. The largest absolute Gasteiger partial charge is 0.453 e. The van der Waals surface area contributed by atoms with E-state index in [2.05, 4.69) is 47.5 Å². The Balaban J connectivity index is -0.00000450. The molecule has 0 saturated carbocycles. The molecule has 0 aliphatic carbocycles. The normalized spacial score (nSPS) is 23.0. The number of ether oxygens (including phenoxy) is 1. The number of rotatable bonds is 22. The van der Waals surface area contributed by atoms with Gasteiger partial charge in [0.15, 0.2) is 24.2 Å². The van der Waals surface area contributed by atoms with Gasteiger partial charge in [0.1, 0.15) is 48.3 Å². The molecule has 30 N–H and O–H groups in total. The lowest BCUT2D eigenvalue weighted by molar-refractivity contribution is -0.159. The maximum atomic E-state index is 15.3. The third-order valence-electron chi connectivity index (χ3n) is 13.9. The number of aliphatic hydroxyl groups excluding tert-OH is 4. The molecule has 11 amide bonds. The molecule has 1 aromatic rings. The number of halogens is 2. The van der Waals surface area contributed by atoms with Gasteiger partial charge < -0.3 is 123 Å². The molecule has 1 aliphatic heterocycles. The van der Waals surface area contributed by atoms with Crippen molar-refractivity contribution < 1.29 is 105 Å². The fourth-order valence-corrected chi connectivity index (χ4v) is 9.08. The van der Waals surface area contributed by atoms with Gasteiger partial charge in [-0.2, -0.15) is 0 Å². The van der Waals surface area contributed by atoms with E-state index in [0.717, 1.165) is 6.92 Å². The number of benzene rings is 1. The summed E-state index contributed by atoms with van der Waals surface area (Å²) in [6.45, 7) is 15.1. The van der Waals surface area contributed by atoms with Gasteiger partial charge in [0, 0.05) is 6.54 Å². The first-order valence-corrected chi connectivity index (χ1v) is 29.5. The number of esters is 1. The molecular formula is C57H105Cl2N15O21. The maximum absolute atomic E-state index is 15.3. The van der Waals surface area contributed by atoms with E-state index in [4.69, 9.17) is 27.7 Å². The van der Waals surface area contributed by atoms with Crippen molar-refractivity contribution in [2.75, 3.05) is 19.7 Å². The zero-order valence-electron chi connectivity index (χ0n) is 55.2. The average molecular weight is 1410 g/mol. The highest BCUT2D eigenvalue weighted by atomic mass is 35.5. The van der Waals surface area contributed by atoms with Crippen LogP contribution in [0.3, 0.4) is 0 Å². The molecule has 38 heteroatoms. The molecule has 0 spiro atoms. The molecule has 14 atom stereocenters. The monoisotopic (exact) mass is 1410 g/mol. The van der Waals surface area contributed by atoms with Crippen LogP contribution in [-0.4, -0.2) is 218 Å². The van der Waals surface area contributed by atoms with Crippen LogP contribution in [0.1, 0.15) is 120 Å². The molecule has 0 aromatic heterocycles. The SMILES string of the molecule is CC(C)C[C@@H](N)C(=O)N[C@@H](CC(C)C)C(=O)N[C@@H]1C(=O)N[C@@H]([C@H](O)C(C)C)C(=O)N[C@@H](CC(C)C)C(=O)N[C@@H](CCCN=C(N)N)C(=O)N[C@@H](C(C)C)C(=O)N[C@@H]([C@H](C)O)C(=O)NCC(=O)N[C@@H]([C@H](O)C(N)=O)C(=O)N[C@@H](CO)C(=O)O[C@@H]1c1ccccc1.Cl.Cl.O.O.O.O. The molecule has 0 unspecified atom stereocenters. The molecule has 95 heavy (non-hydrogen) atoms. The molecule has 1 aliphatic rings. The van der Waals surface area contributed by atoms with E-state index in [1.54, 1.807) is 27.7 Å². The van der Waals surface area contributed by atoms with Gasteiger partial charge in [-0.3, -0.25) is 57.7 Å². The second-order valence-electron chi connectivity index (χ2n) is 23.9. The summed E-state index contributed by atoms with van der Waals surface area (Å²) >= 11 is 0. The molecule has 548 valence electrons. The number of guanidine groups is 1. The van der Waals surface area contributed by atoms with E-state index in [-0.39, 0.29) is 115 Å². The number of aliphatic imine (C=N–C) groups is 1. The maximum Gasteiger partial charge on any atom is 0.331 e. The van der Waals surface area contributed by atoms with Gasteiger partial charge in [0.25, 0.3) is 0 Å². The molecule has 1 fully saturated rings. The molecule has 0 bridgehead atoms. The lowest BCUT2D eigenvalue weighted by Gasteiger charge is -2.33. The Bertz CT molecular complexity index is 2640. The van der Waals surface area contributed by atoms with Crippen molar-refractivity contribution in [3.63, 3.8) is 0 Å². The van der Waals surface area contributed by atoms with Gasteiger partial charge in [-0.25, -0.2) is 4.79 Å². The Hall–Kier alpha value is -7.65. The van der Waals surface area contributed by atoms with Crippen LogP contribution >= 0.6 is 24.8 Å². The number of aliphatic hydroxyl groups is 4. The number of nitrogens with zero attached hydrogens (tertiary/aromatic N) is 1. The quantitative estimate of drug-likeness (QED) is 0.0222. The topological polar surface area (TPSA) is 658 Å². The highest BCUT2D eigenvalue weighted by molar-refractivity contribution is 6.00. The molecular weight excluding hydrogens is 1300 g/mol. The third-order valence-corrected chi connectivity index (χ3v) is 13.9. The van der Waals surface area contributed by atoms with Crippen LogP contribution in [0.25, 0.3) is 0 Å². The van der Waals surface area contributed by atoms with Crippen LogP contribution < -0.4 is 76.1 Å². The zero-order valence-corrected chi connectivity index (χ0v) is 56.8. The van der Waals surface area contributed by atoms with Crippen molar-refractivity contribution in [1.29, 1.82) is 0 Å². The van der Waals surface area contributed by atoms with Gasteiger partial charge in [0.2, 0.25) is 65.0 Å². The van der Waals surface area contributed by atoms with E-state index in [1.165, 1.54) is 58.0 Å². The summed E-state index contributed by atoms with van der Waals surface area (Å²) in [5, 5.41) is 67.8. The van der Waals surface area contributed by atoms with Gasteiger partial charge in [-0.1, -0.05) is 99.6 Å². The predicted molar refractivity (Wildman–Crippen MR) is 351 cm³/mol.